The van der Waals surface area contributed by atoms with Crippen LogP contribution in [0.3, 0.4) is 0 Å². The van der Waals surface area contributed by atoms with Crippen molar-refractivity contribution in [3.05, 3.63) is 0 Å². The summed E-state index contributed by atoms with van der Waals surface area (Å²) < 4.78 is 11.0. The molecule has 6 nitrogen and oxygen atoms in total. The van der Waals surface area contributed by atoms with Crippen LogP contribution < -0.4 is 0 Å². The molecule has 134 valence electrons. The Balaban J connectivity index is 1.86. The van der Waals surface area contributed by atoms with Gasteiger partial charge in [-0.15, -0.1) is 0 Å². The number of hydrogen-bond acceptors (Lipinski definition) is 5. The molecule has 6 heteroatoms. The summed E-state index contributed by atoms with van der Waals surface area (Å²) in [7, 11) is 0. The second-order valence-electron chi connectivity index (χ2n) is 8.32. The van der Waals surface area contributed by atoms with Crippen LogP contribution in [0.15, 0.2) is 0 Å². The number of ether oxygens (including phenoxy) is 2. The lowest BCUT2D eigenvalue weighted by atomic mass is 9.49. The highest BCUT2D eigenvalue weighted by atomic mass is 16.6. The van der Waals surface area contributed by atoms with Gasteiger partial charge in [-0.3, -0.25) is 9.59 Å². The Hall–Kier alpha value is -1.59. The van der Waals surface area contributed by atoms with Crippen LogP contribution in [0, 0.1) is 23.7 Å². The van der Waals surface area contributed by atoms with Crippen molar-refractivity contribution < 1.29 is 29.0 Å². The van der Waals surface area contributed by atoms with Gasteiger partial charge >= 0.3 is 17.9 Å². The Labute approximate surface area is 141 Å². The largest absolute Gasteiger partial charge is 0.481 e. The molecule has 0 spiro atoms. The number of aliphatic carboxylic acids is 1. The first kappa shape index (κ1) is 17.2. The van der Waals surface area contributed by atoms with Crippen molar-refractivity contribution in [2.75, 3.05) is 0 Å². The van der Waals surface area contributed by atoms with Gasteiger partial charge in [-0.25, -0.2) is 4.79 Å². The van der Waals surface area contributed by atoms with Gasteiger partial charge in [-0.2, -0.15) is 0 Å². The fraction of sp³-hybridized carbons (Fsp3) is 0.833. The molecule has 0 saturated heterocycles. The number of carbonyl (C=O) groups is 3. The van der Waals surface area contributed by atoms with E-state index in [1.165, 1.54) is 27.2 Å². The van der Waals surface area contributed by atoms with E-state index in [2.05, 4.69) is 0 Å². The highest BCUT2D eigenvalue weighted by Gasteiger charge is 2.61. The molecule has 0 atom stereocenters. The zero-order chi connectivity index (χ0) is 17.7. The third-order valence-electron chi connectivity index (χ3n) is 6.12. The summed E-state index contributed by atoms with van der Waals surface area (Å²) in [6, 6.07) is 0. The number of carboxylic acids is 1. The predicted molar refractivity (Wildman–Crippen MR) is 84.0 cm³/mol. The van der Waals surface area contributed by atoms with E-state index in [9.17, 15) is 19.5 Å². The lowest BCUT2D eigenvalue weighted by molar-refractivity contribution is -0.228. The van der Waals surface area contributed by atoms with Crippen LogP contribution in [-0.4, -0.2) is 34.2 Å². The fourth-order valence-corrected chi connectivity index (χ4v) is 5.41. The maximum absolute atomic E-state index is 12.7. The van der Waals surface area contributed by atoms with Crippen LogP contribution in [-0.2, 0) is 23.9 Å². The molecule has 0 unspecified atom stereocenters. The fourth-order valence-electron chi connectivity index (χ4n) is 5.41. The van der Waals surface area contributed by atoms with Gasteiger partial charge in [0.25, 0.3) is 0 Å². The molecule has 0 amide bonds. The van der Waals surface area contributed by atoms with E-state index in [1.807, 2.05) is 0 Å². The third-order valence-corrected chi connectivity index (χ3v) is 6.12. The Kier molecular flexibility index (Phi) is 4.12. The number of rotatable bonds is 5. The molecule has 4 rings (SSSR count). The second kappa shape index (κ2) is 5.74. The lowest BCUT2D eigenvalue weighted by Gasteiger charge is -2.60. The van der Waals surface area contributed by atoms with E-state index >= 15 is 0 Å². The highest BCUT2D eigenvalue weighted by molar-refractivity contribution is 5.83. The molecule has 0 aromatic rings. The van der Waals surface area contributed by atoms with E-state index in [1.54, 1.807) is 0 Å². The van der Waals surface area contributed by atoms with Crippen LogP contribution in [0.2, 0.25) is 0 Å². The third kappa shape index (κ3) is 2.91. The molecule has 0 heterocycles. The van der Waals surface area contributed by atoms with Crippen molar-refractivity contribution in [1.82, 2.24) is 0 Å². The molecule has 0 aromatic carbocycles. The molecule has 4 aliphatic carbocycles. The predicted octanol–water partition coefficient (Wildman–Crippen LogP) is 2.54. The van der Waals surface area contributed by atoms with Crippen LogP contribution in [0.4, 0.5) is 0 Å². The average Bonchev–Trinajstić information content (AvgIpc) is 2.41. The Morgan fingerprint density at radius 3 is 1.96 bits per heavy atom. The second-order valence-corrected chi connectivity index (χ2v) is 8.32. The number of carboxylic acid groups (broad SMARTS) is 1. The normalized spacial score (nSPS) is 37.1. The van der Waals surface area contributed by atoms with E-state index in [4.69, 9.17) is 9.47 Å². The van der Waals surface area contributed by atoms with Crippen LogP contribution in [0.1, 0.15) is 59.3 Å². The first-order valence-electron chi connectivity index (χ1n) is 8.77. The van der Waals surface area contributed by atoms with Crippen molar-refractivity contribution in [1.29, 1.82) is 0 Å². The lowest BCUT2D eigenvalue weighted by Crippen LogP contribution is -2.61. The molecular formula is C18H26O6. The molecule has 4 saturated carbocycles. The summed E-state index contributed by atoms with van der Waals surface area (Å²) in [5.41, 5.74) is -2.36. The molecular weight excluding hydrogens is 312 g/mol. The first-order valence-corrected chi connectivity index (χ1v) is 8.77. The molecule has 0 radical (unpaired) electrons. The summed E-state index contributed by atoms with van der Waals surface area (Å²) in [4.78, 5) is 35.4. The van der Waals surface area contributed by atoms with Crippen LogP contribution in [0.5, 0.6) is 0 Å². The van der Waals surface area contributed by atoms with E-state index in [0.717, 1.165) is 25.7 Å². The quantitative estimate of drug-likeness (QED) is 0.775. The monoisotopic (exact) mass is 338 g/mol. The molecule has 4 bridgehead atoms. The summed E-state index contributed by atoms with van der Waals surface area (Å²) in [6.07, 6.45) is 4.79. The van der Waals surface area contributed by atoms with Crippen molar-refractivity contribution in [3.63, 3.8) is 0 Å². The van der Waals surface area contributed by atoms with E-state index < -0.39 is 29.1 Å². The van der Waals surface area contributed by atoms with Gasteiger partial charge in [0, 0.05) is 18.8 Å². The van der Waals surface area contributed by atoms with Crippen LogP contribution >= 0.6 is 0 Å². The van der Waals surface area contributed by atoms with Gasteiger partial charge in [0.2, 0.25) is 5.60 Å². The smallest absolute Gasteiger partial charge is 0.350 e. The zero-order valence-corrected chi connectivity index (χ0v) is 14.5. The van der Waals surface area contributed by atoms with Gasteiger partial charge in [0.05, 0.1) is 6.42 Å². The molecule has 0 aliphatic heterocycles. The van der Waals surface area contributed by atoms with E-state index in [0.29, 0.717) is 11.8 Å². The van der Waals surface area contributed by atoms with Crippen molar-refractivity contribution in [3.8, 4) is 0 Å². The highest BCUT2D eigenvalue weighted by Crippen LogP contribution is 2.60. The number of esters is 2. The SMILES string of the molecule is CC(=O)OC(C)(C)C(=O)OC1(CC(=O)O)C2CC3CC(C2)CC1C3. The van der Waals surface area contributed by atoms with Gasteiger partial charge in [0.15, 0.2) is 0 Å². The Bertz CT molecular complexity index is 536. The maximum Gasteiger partial charge on any atom is 0.350 e. The maximum atomic E-state index is 12.7. The molecule has 0 aromatic heterocycles. The summed E-state index contributed by atoms with van der Waals surface area (Å²) in [5.74, 6) is -0.686. The van der Waals surface area contributed by atoms with Gasteiger partial charge in [-0.05, 0) is 57.8 Å². The van der Waals surface area contributed by atoms with Crippen molar-refractivity contribution in [2.45, 2.75) is 70.5 Å². The zero-order valence-electron chi connectivity index (χ0n) is 14.5. The minimum absolute atomic E-state index is 0.0990. The average molecular weight is 338 g/mol. The Morgan fingerprint density at radius 1 is 1.04 bits per heavy atom. The summed E-state index contributed by atoms with van der Waals surface area (Å²) in [5, 5.41) is 9.45. The van der Waals surface area contributed by atoms with Crippen molar-refractivity contribution >= 4 is 17.9 Å². The summed E-state index contributed by atoms with van der Waals surface area (Å²) in [6.45, 7) is 4.22. The summed E-state index contributed by atoms with van der Waals surface area (Å²) >= 11 is 0. The van der Waals surface area contributed by atoms with Crippen LogP contribution in [0.25, 0.3) is 0 Å². The standard InChI is InChI=1S/C18H26O6/c1-10(19)23-17(2,3)16(22)24-18(9-15(20)21)13-5-11-4-12(7-13)8-14(18)6-11/h11-14H,4-9H2,1-3H3,(H,20,21). The minimum atomic E-state index is -1.41. The van der Waals surface area contributed by atoms with E-state index in [-0.39, 0.29) is 18.3 Å². The van der Waals surface area contributed by atoms with Crippen molar-refractivity contribution in [2.24, 2.45) is 23.7 Å². The molecule has 24 heavy (non-hydrogen) atoms. The first-order chi connectivity index (χ1) is 11.1. The Morgan fingerprint density at radius 2 is 1.54 bits per heavy atom. The van der Waals surface area contributed by atoms with Gasteiger partial charge < -0.3 is 14.6 Å². The molecule has 4 fully saturated rings. The minimum Gasteiger partial charge on any atom is -0.481 e. The number of carbonyl (C=O) groups excluding carboxylic acids is 2. The van der Waals surface area contributed by atoms with Gasteiger partial charge in [-0.1, -0.05) is 0 Å². The molecule has 4 aliphatic rings. The number of hydrogen-bond donors (Lipinski definition) is 1. The molecule has 1 N–H and O–H groups in total. The topological polar surface area (TPSA) is 89.9 Å². The van der Waals surface area contributed by atoms with Gasteiger partial charge in [0.1, 0.15) is 5.60 Å².